The van der Waals surface area contributed by atoms with Gasteiger partial charge in [0.15, 0.2) is 0 Å². The summed E-state index contributed by atoms with van der Waals surface area (Å²) in [5.74, 6) is -1.98. The van der Waals surface area contributed by atoms with Crippen molar-refractivity contribution in [3.8, 4) is 0 Å². The third-order valence-electron chi connectivity index (χ3n) is 3.43. The van der Waals surface area contributed by atoms with Crippen molar-refractivity contribution >= 4 is 23.5 Å². The third-order valence-corrected chi connectivity index (χ3v) is 3.67. The molecule has 1 amide bonds. The number of carboxylic acid groups (broad SMARTS) is 1. The maximum Gasteiger partial charge on any atom is 0.311 e. The average molecular weight is 313 g/mol. The second kappa shape index (κ2) is 6.87. The van der Waals surface area contributed by atoms with E-state index < -0.39 is 17.9 Å². The number of ether oxygens (including phenoxy) is 1. The van der Waals surface area contributed by atoms with Crippen LogP contribution < -0.4 is 0 Å². The molecule has 7 heteroatoms. The van der Waals surface area contributed by atoms with Crippen molar-refractivity contribution in [2.45, 2.75) is 19.4 Å². The lowest BCUT2D eigenvalue weighted by Gasteiger charge is -2.30. The van der Waals surface area contributed by atoms with Crippen molar-refractivity contribution in [3.05, 3.63) is 29.0 Å². The van der Waals surface area contributed by atoms with Crippen molar-refractivity contribution in [2.24, 2.45) is 5.92 Å². The van der Waals surface area contributed by atoms with Crippen molar-refractivity contribution < 1.29 is 19.4 Å². The van der Waals surface area contributed by atoms with E-state index in [2.05, 4.69) is 4.98 Å². The second-order valence-corrected chi connectivity index (χ2v) is 5.34. The Balaban J connectivity index is 2.26. The minimum Gasteiger partial charge on any atom is -0.481 e. The molecule has 0 aliphatic carbocycles. The van der Waals surface area contributed by atoms with Gasteiger partial charge in [0.25, 0.3) is 5.91 Å². The van der Waals surface area contributed by atoms with Crippen LogP contribution in [0.15, 0.2) is 18.3 Å². The number of carboxylic acids is 1. The Morgan fingerprint density at radius 3 is 2.90 bits per heavy atom. The fourth-order valence-corrected chi connectivity index (χ4v) is 2.57. The van der Waals surface area contributed by atoms with Gasteiger partial charge in [0.1, 0.15) is 11.6 Å². The molecule has 0 saturated carbocycles. The summed E-state index contributed by atoms with van der Waals surface area (Å²) in [5.41, 5.74) is 0.215. The Labute approximate surface area is 127 Å². The number of carbonyl (C=O) groups excluding carboxylic acids is 1. The van der Waals surface area contributed by atoms with Crippen molar-refractivity contribution in [3.63, 3.8) is 0 Å². The number of nitrogens with zero attached hydrogens (tertiary/aromatic N) is 2. The topological polar surface area (TPSA) is 79.7 Å². The molecule has 0 spiro atoms. The summed E-state index contributed by atoms with van der Waals surface area (Å²) in [7, 11) is 0. The standard InChI is InChI=1S/C14H17ClN2O4/c1-2-5-17(12-8-21-7-10(12)14(19)20)13(18)11-6-9(15)3-4-16-11/h3-4,6,10,12H,2,5,7-8H2,1H3,(H,19,20). The third kappa shape index (κ3) is 3.51. The van der Waals surface area contributed by atoms with Crippen molar-refractivity contribution in [1.29, 1.82) is 0 Å². The second-order valence-electron chi connectivity index (χ2n) is 4.91. The fraction of sp³-hybridized carbons (Fsp3) is 0.500. The van der Waals surface area contributed by atoms with Crippen molar-refractivity contribution in [2.75, 3.05) is 19.8 Å². The van der Waals surface area contributed by atoms with E-state index in [9.17, 15) is 14.7 Å². The van der Waals surface area contributed by atoms with E-state index in [0.717, 1.165) is 6.42 Å². The number of hydrogen-bond acceptors (Lipinski definition) is 4. The molecule has 0 bridgehead atoms. The van der Waals surface area contributed by atoms with E-state index in [1.165, 1.54) is 17.2 Å². The zero-order valence-corrected chi connectivity index (χ0v) is 12.4. The molecule has 1 saturated heterocycles. The van der Waals surface area contributed by atoms with E-state index in [1.54, 1.807) is 6.07 Å². The molecule has 6 nitrogen and oxygen atoms in total. The summed E-state index contributed by atoms with van der Waals surface area (Å²) in [4.78, 5) is 29.4. The molecule has 1 aromatic rings. The highest BCUT2D eigenvalue weighted by Crippen LogP contribution is 2.22. The molecule has 2 heterocycles. The van der Waals surface area contributed by atoms with Crippen LogP contribution >= 0.6 is 11.6 Å². The SMILES string of the molecule is CCCN(C(=O)c1cc(Cl)ccn1)C1COCC1C(=O)O. The Kier molecular flexibility index (Phi) is 5.14. The Morgan fingerprint density at radius 2 is 2.29 bits per heavy atom. The number of hydrogen-bond donors (Lipinski definition) is 1. The lowest BCUT2D eigenvalue weighted by Crippen LogP contribution is -2.47. The predicted octanol–water partition coefficient (Wildman–Crippen LogP) is 1.69. The van der Waals surface area contributed by atoms with Crippen LogP contribution in [0.4, 0.5) is 0 Å². The highest BCUT2D eigenvalue weighted by atomic mass is 35.5. The van der Waals surface area contributed by atoms with Gasteiger partial charge in [0.2, 0.25) is 0 Å². The van der Waals surface area contributed by atoms with Gasteiger partial charge < -0.3 is 14.7 Å². The van der Waals surface area contributed by atoms with Gasteiger partial charge in [-0.2, -0.15) is 0 Å². The van der Waals surface area contributed by atoms with Gasteiger partial charge in [-0.05, 0) is 18.6 Å². The molecular formula is C14H17ClN2O4. The first-order chi connectivity index (χ1) is 10.0. The van der Waals surface area contributed by atoms with Gasteiger partial charge in [0.05, 0.1) is 19.3 Å². The summed E-state index contributed by atoms with van der Waals surface area (Å²) in [6.07, 6.45) is 2.18. The van der Waals surface area contributed by atoms with Crippen LogP contribution in [0, 0.1) is 5.92 Å². The molecular weight excluding hydrogens is 296 g/mol. The fourth-order valence-electron chi connectivity index (χ4n) is 2.41. The quantitative estimate of drug-likeness (QED) is 0.895. The molecule has 21 heavy (non-hydrogen) atoms. The first-order valence-corrected chi connectivity index (χ1v) is 7.15. The molecule has 2 rings (SSSR count). The molecule has 1 fully saturated rings. The van der Waals surface area contributed by atoms with Crippen LogP contribution in [0.1, 0.15) is 23.8 Å². The molecule has 1 aliphatic rings. The van der Waals surface area contributed by atoms with Gasteiger partial charge in [-0.25, -0.2) is 0 Å². The molecule has 0 aromatic carbocycles. The van der Waals surface area contributed by atoms with Gasteiger partial charge in [-0.15, -0.1) is 0 Å². The summed E-state index contributed by atoms with van der Waals surface area (Å²) < 4.78 is 5.25. The zero-order valence-electron chi connectivity index (χ0n) is 11.7. The normalized spacial score (nSPS) is 21.2. The number of amides is 1. The molecule has 0 radical (unpaired) electrons. The first kappa shape index (κ1) is 15.7. The number of aliphatic carboxylic acids is 1. The van der Waals surface area contributed by atoms with Crippen LogP contribution in [0.25, 0.3) is 0 Å². The van der Waals surface area contributed by atoms with E-state index in [-0.39, 0.29) is 24.8 Å². The smallest absolute Gasteiger partial charge is 0.311 e. The summed E-state index contributed by atoms with van der Waals surface area (Å²) in [6, 6.07) is 2.59. The van der Waals surface area contributed by atoms with Gasteiger partial charge in [0, 0.05) is 17.8 Å². The maximum atomic E-state index is 12.6. The Morgan fingerprint density at radius 1 is 1.52 bits per heavy atom. The van der Waals surface area contributed by atoms with E-state index in [0.29, 0.717) is 11.6 Å². The number of aromatic nitrogens is 1. The molecule has 2 unspecified atom stereocenters. The average Bonchev–Trinajstić information content (AvgIpc) is 2.93. The number of pyridine rings is 1. The Bertz CT molecular complexity index is 537. The summed E-state index contributed by atoms with van der Waals surface area (Å²) in [5, 5.41) is 9.66. The minimum absolute atomic E-state index is 0.121. The van der Waals surface area contributed by atoms with Crippen LogP contribution in [0.3, 0.4) is 0 Å². The van der Waals surface area contributed by atoms with Crippen LogP contribution in [-0.2, 0) is 9.53 Å². The molecule has 1 N–H and O–H groups in total. The summed E-state index contributed by atoms with van der Waals surface area (Å²) >= 11 is 5.88. The van der Waals surface area contributed by atoms with Crippen LogP contribution in [-0.4, -0.2) is 52.7 Å². The highest BCUT2D eigenvalue weighted by molar-refractivity contribution is 6.30. The number of carbonyl (C=O) groups is 2. The molecule has 1 aromatic heterocycles. The number of halogens is 1. The lowest BCUT2D eigenvalue weighted by atomic mass is 10.0. The molecule has 114 valence electrons. The Hall–Kier alpha value is -1.66. The monoisotopic (exact) mass is 312 g/mol. The highest BCUT2D eigenvalue weighted by Gasteiger charge is 2.40. The van der Waals surface area contributed by atoms with Crippen LogP contribution in [0.2, 0.25) is 5.02 Å². The van der Waals surface area contributed by atoms with Gasteiger partial charge >= 0.3 is 5.97 Å². The number of rotatable bonds is 5. The minimum atomic E-state index is -0.953. The predicted molar refractivity (Wildman–Crippen MR) is 76.3 cm³/mol. The van der Waals surface area contributed by atoms with Crippen LogP contribution in [0.5, 0.6) is 0 Å². The largest absolute Gasteiger partial charge is 0.481 e. The van der Waals surface area contributed by atoms with E-state index in [4.69, 9.17) is 16.3 Å². The van der Waals surface area contributed by atoms with Gasteiger partial charge in [-0.1, -0.05) is 18.5 Å². The zero-order chi connectivity index (χ0) is 15.4. The van der Waals surface area contributed by atoms with E-state index in [1.807, 2.05) is 6.92 Å². The first-order valence-electron chi connectivity index (χ1n) is 6.77. The van der Waals surface area contributed by atoms with E-state index >= 15 is 0 Å². The maximum absolute atomic E-state index is 12.6. The molecule has 2 atom stereocenters. The van der Waals surface area contributed by atoms with Gasteiger partial charge in [-0.3, -0.25) is 14.6 Å². The van der Waals surface area contributed by atoms with Crippen molar-refractivity contribution in [1.82, 2.24) is 9.88 Å². The summed E-state index contributed by atoms with van der Waals surface area (Å²) in [6.45, 7) is 2.72. The molecule has 1 aliphatic heterocycles. The lowest BCUT2D eigenvalue weighted by molar-refractivity contribution is -0.142.